The van der Waals surface area contributed by atoms with E-state index in [2.05, 4.69) is 41.5 Å². The Hall–Kier alpha value is -0.810. The van der Waals surface area contributed by atoms with Crippen molar-refractivity contribution in [1.29, 1.82) is 0 Å². The van der Waals surface area contributed by atoms with E-state index >= 15 is 0 Å². The van der Waals surface area contributed by atoms with E-state index in [1.54, 1.807) is 7.05 Å². The molecule has 14 heavy (non-hydrogen) atoms. The van der Waals surface area contributed by atoms with Crippen molar-refractivity contribution in [2.24, 2.45) is 10.8 Å². The van der Waals surface area contributed by atoms with Gasteiger partial charge >= 0.3 is 0 Å². The number of hydrazine groups is 1. The third-order valence-electron chi connectivity index (χ3n) is 2.46. The number of rotatable bonds is 5. The predicted molar refractivity (Wildman–Crippen MR) is 61.1 cm³/mol. The Morgan fingerprint density at radius 1 is 1.57 bits per heavy atom. The maximum absolute atomic E-state index is 5.23. The van der Waals surface area contributed by atoms with Crippen LogP contribution in [0.5, 0.6) is 0 Å². The van der Waals surface area contributed by atoms with E-state index in [1.165, 1.54) is 6.42 Å². The highest BCUT2D eigenvalue weighted by Crippen LogP contribution is 1.97. The van der Waals surface area contributed by atoms with Gasteiger partial charge in [0.2, 0.25) is 5.96 Å². The van der Waals surface area contributed by atoms with E-state index in [1.807, 2.05) is 0 Å². The van der Waals surface area contributed by atoms with E-state index < -0.39 is 0 Å². The summed E-state index contributed by atoms with van der Waals surface area (Å²) in [6.07, 6.45) is 1.17. The molecule has 0 aromatic heterocycles. The Bertz CT molecular complexity index is 169. The highest BCUT2D eigenvalue weighted by Gasteiger charge is 2.05. The molecule has 0 spiro atoms. The van der Waals surface area contributed by atoms with Crippen LogP contribution in [0.2, 0.25) is 0 Å². The quantitative estimate of drug-likeness (QED) is 0.248. The zero-order chi connectivity index (χ0) is 11.0. The van der Waals surface area contributed by atoms with Gasteiger partial charge in [-0.2, -0.15) is 0 Å². The van der Waals surface area contributed by atoms with Crippen LogP contribution < -0.4 is 16.6 Å². The summed E-state index contributed by atoms with van der Waals surface area (Å²) in [5, 5.41) is 3.10. The maximum atomic E-state index is 5.23. The summed E-state index contributed by atoms with van der Waals surface area (Å²) in [7, 11) is 3.81. The van der Waals surface area contributed by atoms with E-state index in [9.17, 15) is 0 Å². The molecule has 0 aromatic rings. The monoisotopic (exact) mass is 201 g/mol. The van der Waals surface area contributed by atoms with Crippen LogP contribution in [0.25, 0.3) is 0 Å². The second-order valence-electron chi connectivity index (χ2n) is 3.38. The second-order valence-corrected chi connectivity index (χ2v) is 3.38. The summed E-state index contributed by atoms with van der Waals surface area (Å²) in [4.78, 5) is 6.22. The molecule has 0 heterocycles. The number of nitrogens with one attached hydrogen (secondary N) is 2. The number of likely N-dealkylation sites (N-methyl/N-ethyl adjacent to an activating group) is 1. The van der Waals surface area contributed by atoms with Gasteiger partial charge in [-0.1, -0.05) is 6.92 Å². The molecule has 0 radical (unpaired) electrons. The molecule has 5 heteroatoms. The zero-order valence-electron chi connectivity index (χ0n) is 9.67. The first-order valence-corrected chi connectivity index (χ1v) is 5.03. The lowest BCUT2D eigenvalue weighted by molar-refractivity contribution is 0.255. The summed E-state index contributed by atoms with van der Waals surface area (Å²) in [6.45, 7) is 6.23. The second kappa shape index (κ2) is 7.58. The maximum Gasteiger partial charge on any atom is 0.205 e. The van der Waals surface area contributed by atoms with Crippen molar-refractivity contribution in [3.8, 4) is 0 Å². The van der Waals surface area contributed by atoms with Crippen LogP contribution in [0.4, 0.5) is 0 Å². The van der Waals surface area contributed by atoms with Gasteiger partial charge in [0.25, 0.3) is 0 Å². The van der Waals surface area contributed by atoms with Crippen molar-refractivity contribution in [3.05, 3.63) is 0 Å². The number of aliphatic imine (C=N–C) groups is 1. The molecule has 0 rings (SSSR count). The Morgan fingerprint density at radius 2 is 2.21 bits per heavy atom. The molecule has 0 saturated carbocycles. The summed E-state index contributed by atoms with van der Waals surface area (Å²) < 4.78 is 0. The lowest BCUT2D eigenvalue weighted by Gasteiger charge is -2.23. The minimum absolute atomic E-state index is 0.615. The minimum atomic E-state index is 0.615. The van der Waals surface area contributed by atoms with Gasteiger partial charge in [-0.15, -0.1) is 0 Å². The molecule has 0 saturated heterocycles. The molecule has 1 unspecified atom stereocenters. The number of guanidine groups is 1. The van der Waals surface area contributed by atoms with Gasteiger partial charge in [0.15, 0.2) is 0 Å². The topological polar surface area (TPSA) is 65.7 Å². The fourth-order valence-electron chi connectivity index (χ4n) is 1.08. The highest BCUT2D eigenvalue weighted by atomic mass is 15.3. The third-order valence-corrected chi connectivity index (χ3v) is 2.46. The highest BCUT2D eigenvalue weighted by molar-refractivity contribution is 5.78. The van der Waals surface area contributed by atoms with Gasteiger partial charge in [-0.25, -0.2) is 5.84 Å². The Labute approximate surface area is 86.7 Å². The minimum Gasteiger partial charge on any atom is -0.354 e. The summed E-state index contributed by atoms with van der Waals surface area (Å²) >= 11 is 0. The number of hydrogen-bond donors (Lipinski definition) is 3. The normalized spacial score (nSPS) is 14.3. The van der Waals surface area contributed by atoms with Crippen LogP contribution in [0.15, 0.2) is 4.99 Å². The van der Waals surface area contributed by atoms with Gasteiger partial charge < -0.3 is 10.2 Å². The number of hydrogen-bond acceptors (Lipinski definition) is 3. The molecular formula is C9H23N5. The van der Waals surface area contributed by atoms with Gasteiger partial charge in [0.05, 0.1) is 0 Å². The predicted octanol–water partition coefficient (Wildman–Crippen LogP) is -0.245. The molecule has 5 nitrogen and oxygen atoms in total. The third kappa shape index (κ3) is 5.04. The van der Waals surface area contributed by atoms with Crippen LogP contribution in [-0.2, 0) is 0 Å². The zero-order valence-corrected chi connectivity index (χ0v) is 9.67. The average molecular weight is 201 g/mol. The number of nitrogens with zero attached hydrogens (tertiary/aromatic N) is 2. The molecule has 0 amide bonds. The van der Waals surface area contributed by atoms with E-state index in [0.29, 0.717) is 12.0 Å². The lowest BCUT2D eigenvalue weighted by atomic mass is 10.2. The van der Waals surface area contributed by atoms with Gasteiger partial charge in [-0.05, 0) is 20.4 Å². The fourth-order valence-corrected chi connectivity index (χ4v) is 1.08. The largest absolute Gasteiger partial charge is 0.354 e. The molecule has 0 aromatic carbocycles. The van der Waals surface area contributed by atoms with Gasteiger partial charge in [0.1, 0.15) is 0 Å². The molecule has 0 aliphatic carbocycles. The molecule has 1 atom stereocenters. The summed E-state index contributed by atoms with van der Waals surface area (Å²) in [6, 6.07) is 0.615. The summed E-state index contributed by atoms with van der Waals surface area (Å²) in [5.74, 6) is 5.86. The van der Waals surface area contributed by atoms with E-state index in [4.69, 9.17) is 5.84 Å². The molecule has 0 aliphatic rings. The average Bonchev–Trinajstić information content (AvgIpc) is 2.22. The number of nitrogens with two attached hydrogens (primary N) is 1. The SMILES string of the molecule is CCC(C)N(C)CCNC(=NC)NN. The van der Waals surface area contributed by atoms with Crippen LogP contribution in [-0.4, -0.2) is 44.1 Å². The molecule has 84 valence electrons. The van der Waals surface area contributed by atoms with Crippen molar-refractivity contribution in [1.82, 2.24) is 15.6 Å². The van der Waals surface area contributed by atoms with Crippen molar-refractivity contribution >= 4 is 5.96 Å². The van der Waals surface area contributed by atoms with Crippen LogP contribution in [0.3, 0.4) is 0 Å². The van der Waals surface area contributed by atoms with E-state index in [0.717, 1.165) is 13.1 Å². The summed E-state index contributed by atoms with van der Waals surface area (Å²) in [5.41, 5.74) is 2.49. The molecular weight excluding hydrogens is 178 g/mol. The van der Waals surface area contributed by atoms with Crippen LogP contribution in [0.1, 0.15) is 20.3 Å². The Balaban J connectivity index is 3.63. The van der Waals surface area contributed by atoms with Gasteiger partial charge in [0, 0.05) is 26.2 Å². The van der Waals surface area contributed by atoms with Crippen molar-refractivity contribution in [2.75, 3.05) is 27.2 Å². The van der Waals surface area contributed by atoms with Crippen molar-refractivity contribution < 1.29 is 0 Å². The van der Waals surface area contributed by atoms with Crippen molar-refractivity contribution in [2.45, 2.75) is 26.3 Å². The van der Waals surface area contributed by atoms with E-state index in [-0.39, 0.29) is 0 Å². The smallest absolute Gasteiger partial charge is 0.205 e. The Kier molecular flexibility index (Phi) is 7.14. The van der Waals surface area contributed by atoms with Crippen molar-refractivity contribution in [3.63, 3.8) is 0 Å². The Morgan fingerprint density at radius 3 is 2.64 bits per heavy atom. The fraction of sp³-hybridized carbons (Fsp3) is 0.889. The molecule has 0 bridgehead atoms. The first kappa shape index (κ1) is 13.2. The van der Waals surface area contributed by atoms with Crippen LogP contribution in [0, 0.1) is 0 Å². The van der Waals surface area contributed by atoms with Crippen LogP contribution >= 0.6 is 0 Å². The molecule has 0 aliphatic heterocycles. The standard InChI is InChI=1S/C9H23N5/c1-5-8(2)14(4)7-6-12-9(11-3)13-10/h8H,5-7,10H2,1-4H3,(H2,11,12,13). The lowest BCUT2D eigenvalue weighted by Crippen LogP contribution is -2.44. The first-order chi connectivity index (χ1) is 6.65. The molecule has 4 N–H and O–H groups in total. The molecule has 0 fully saturated rings. The first-order valence-electron chi connectivity index (χ1n) is 5.03. The van der Waals surface area contributed by atoms with Gasteiger partial charge in [-0.3, -0.25) is 10.4 Å².